The summed E-state index contributed by atoms with van der Waals surface area (Å²) in [6.45, 7) is 6.17. The van der Waals surface area contributed by atoms with Gasteiger partial charge >= 0.3 is 23.9 Å². The highest BCUT2D eigenvalue weighted by Gasteiger charge is 2.53. The lowest BCUT2D eigenvalue weighted by molar-refractivity contribution is -0.237. The van der Waals surface area contributed by atoms with Crippen LogP contribution in [0.2, 0.25) is 0 Å². The average Bonchev–Trinajstić information content (AvgIpc) is 3.53. The fraction of sp³-hybridized carbons (Fsp3) is 0.379. The van der Waals surface area contributed by atoms with Crippen LogP contribution in [0.3, 0.4) is 0 Å². The van der Waals surface area contributed by atoms with Crippen LogP contribution in [-0.2, 0) is 47.7 Å². The predicted octanol–water partition coefficient (Wildman–Crippen LogP) is 3.62. The summed E-state index contributed by atoms with van der Waals surface area (Å²) in [7, 11) is 0. The zero-order chi connectivity index (χ0) is 31.3. The van der Waals surface area contributed by atoms with Crippen LogP contribution in [0.15, 0.2) is 52.5 Å². The second-order valence-electron chi connectivity index (χ2n) is 9.60. The number of hydrogen-bond donors (Lipinski definition) is 0. The van der Waals surface area contributed by atoms with Gasteiger partial charge in [0.1, 0.15) is 18.4 Å². The molecule has 0 saturated carbocycles. The number of carbonyl (C=O) groups is 5. The van der Waals surface area contributed by atoms with E-state index in [9.17, 15) is 24.0 Å². The second-order valence-corrected chi connectivity index (χ2v) is 11.6. The third-order valence-electron chi connectivity index (χ3n) is 6.08. The number of carbonyl (C=O) groups excluding carboxylic acids is 5. The van der Waals surface area contributed by atoms with Crippen LogP contribution in [0.25, 0.3) is 6.08 Å². The number of amidine groups is 1. The Kier molecular flexibility index (Phi) is 10.4. The van der Waals surface area contributed by atoms with Crippen molar-refractivity contribution < 1.29 is 47.7 Å². The normalized spacial score (nSPS) is 24.3. The quantitative estimate of drug-likeness (QED) is 0.239. The molecular formula is C29H30N2O10S2. The molecule has 1 fully saturated rings. The van der Waals surface area contributed by atoms with E-state index in [1.165, 1.54) is 23.2 Å². The Morgan fingerprint density at radius 1 is 0.953 bits per heavy atom. The van der Waals surface area contributed by atoms with Crippen LogP contribution in [-0.4, -0.2) is 71.4 Å². The molecule has 12 nitrogen and oxygen atoms in total. The number of nitrogens with zero attached hydrogens (tertiary/aromatic N) is 2. The van der Waals surface area contributed by atoms with Gasteiger partial charge in [-0.25, -0.2) is 4.99 Å². The van der Waals surface area contributed by atoms with Gasteiger partial charge in [0.05, 0.1) is 5.69 Å². The highest BCUT2D eigenvalue weighted by Crippen LogP contribution is 2.39. The number of rotatable bonds is 8. The molecule has 5 unspecified atom stereocenters. The largest absolute Gasteiger partial charge is 0.463 e. The molecule has 43 heavy (non-hydrogen) atoms. The predicted molar refractivity (Wildman–Crippen MR) is 158 cm³/mol. The molecule has 2 aliphatic heterocycles. The monoisotopic (exact) mass is 630 g/mol. The molecule has 1 aromatic heterocycles. The van der Waals surface area contributed by atoms with Crippen LogP contribution in [0.1, 0.15) is 38.1 Å². The maximum Gasteiger partial charge on any atom is 0.303 e. The van der Waals surface area contributed by atoms with E-state index in [0.29, 0.717) is 5.69 Å². The Hall–Kier alpha value is -4.01. The van der Waals surface area contributed by atoms with Crippen molar-refractivity contribution in [1.29, 1.82) is 0 Å². The Labute approximate surface area is 256 Å². The molecule has 0 radical (unpaired) electrons. The molecule has 0 N–H and O–H groups in total. The van der Waals surface area contributed by atoms with Crippen molar-refractivity contribution in [2.75, 3.05) is 11.5 Å². The molecule has 5 atom stereocenters. The smallest absolute Gasteiger partial charge is 0.303 e. The number of esters is 4. The molecule has 14 heteroatoms. The summed E-state index contributed by atoms with van der Waals surface area (Å²) < 4.78 is 27.9. The van der Waals surface area contributed by atoms with Crippen molar-refractivity contribution in [3.8, 4) is 0 Å². The Morgan fingerprint density at radius 2 is 1.63 bits per heavy atom. The number of amides is 1. The van der Waals surface area contributed by atoms with Crippen molar-refractivity contribution in [3.63, 3.8) is 0 Å². The zero-order valence-electron chi connectivity index (χ0n) is 24.0. The fourth-order valence-electron chi connectivity index (χ4n) is 4.47. The fourth-order valence-corrected chi connectivity index (χ4v) is 6.31. The van der Waals surface area contributed by atoms with Crippen molar-refractivity contribution in [3.05, 3.63) is 57.9 Å². The number of ether oxygens (including phenoxy) is 5. The summed E-state index contributed by atoms with van der Waals surface area (Å²) in [5.74, 6) is -3.22. The number of aliphatic imine (C=N–C) groups is 1. The molecule has 1 saturated heterocycles. The minimum atomic E-state index is -1.34. The van der Waals surface area contributed by atoms with Gasteiger partial charge in [-0.3, -0.25) is 28.9 Å². The highest BCUT2D eigenvalue weighted by atomic mass is 32.2. The van der Waals surface area contributed by atoms with Gasteiger partial charge in [-0.1, -0.05) is 30.0 Å². The average molecular weight is 631 g/mol. The number of thioether (sulfide) groups is 1. The van der Waals surface area contributed by atoms with Crippen LogP contribution in [0, 0.1) is 6.92 Å². The molecule has 228 valence electrons. The van der Waals surface area contributed by atoms with Gasteiger partial charge in [-0.15, -0.1) is 11.3 Å². The first kappa shape index (κ1) is 31.9. The summed E-state index contributed by atoms with van der Waals surface area (Å²) in [4.78, 5) is 68.7. The first-order valence-corrected chi connectivity index (χ1v) is 14.9. The van der Waals surface area contributed by atoms with Crippen molar-refractivity contribution in [2.45, 2.75) is 64.5 Å². The van der Waals surface area contributed by atoms with E-state index < -0.39 is 59.6 Å². The van der Waals surface area contributed by atoms with E-state index >= 15 is 0 Å². The van der Waals surface area contributed by atoms with E-state index in [-0.39, 0.29) is 17.5 Å². The lowest BCUT2D eigenvalue weighted by Gasteiger charge is -2.44. The van der Waals surface area contributed by atoms with E-state index in [1.807, 2.05) is 36.6 Å². The summed E-state index contributed by atoms with van der Waals surface area (Å²) in [6.07, 6.45) is -3.42. The third kappa shape index (κ3) is 8.09. The number of thiophene rings is 1. The Morgan fingerprint density at radius 3 is 2.23 bits per heavy atom. The van der Waals surface area contributed by atoms with Gasteiger partial charge in [0.2, 0.25) is 0 Å². The molecule has 0 spiro atoms. The van der Waals surface area contributed by atoms with Crippen LogP contribution >= 0.6 is 23.1 Å². The van der Waals surface area contributed by atoms with E-state index in [0.717, 1.165) is 43.0 Å². The molecular weight excluding hydrogens is 600 g/mol. The lowest BCUT2D eigenvalue weighted by atomic mass is 9.99. The minimum Gasteiger partial charge on any atom is -0.463 e. The van der Waals surface area contributed by atoms with Crippen molar-refractivity contribution in [2.24, 2.45) is 4.99 Å². The van der Waals surface area contributed by atoms with Gasteiger partial charge in [0, 0.05) is 32.6 Å². The maximum absolute atomic E-state index is 13.7. The summed E-state index contributed by atoms with van der Waals surface area (Å²) in [6, 6.07) is 11.0. The van der Waals surface area contributed by atoms with Crippen LogP contribution in [0.5, 0.6) is 0 Å². The molecule has 2 aliphatic rings. The van der Waals surface area contributed by atoms with E-state index in [1.54, 1.807) is 18.2 Å². The molecule has 4 rings (SSSR count). The standard InChI is InChI=1S/C29H30N2O10S2/c1-15-8-6-9-20(12-15)31-27(36)22(13-21-10-7-11-42-21)30-29(31)43-28-26(40-19(5)35)25(39-18(4)34)24(38-17(3)33)23(41-28)14-37-16(2)32/h6-13,23-26,28H,14H2,1-5H3/b22-13-. The Balaban J connectivity index is 1.78. The number of hydrogen-bond acceptors (Lipinski definition) is 13. The van der Waals surface area contributed by atoms with Gasteiger partial charge in [-0.05, 0) is 42.1 Å². The number of benzene rings is 1. The molecule has 3 heterocycles. The molecule has 0 aliphatic carbocycles. The summed E-state index contributed by atoms with van der Waals surface area (Å²) >= 11 is 2.38. The molecule has 1 aromatic carbocycles. The van der Waals surface area contributed by atoms with E-state index in [2.05, 4.69) is 4.99 Å². The van der Waals surface area contributed by atoms with E-state index in [4.69, 9.17) is 23.7 Å². The molecule has 1 amide bonds. The molecule has 2 aromatic rings. The third-order valence-corrected chi connectivity index (χ3v) is 8.00. The maximum atomic E-state index is 13.7. The van der Waals surface area contributed by atoms with Crippen LogP contribution < -0.4 is 4.90 Å². The van der Waals surface area contributed by atoms with Crippen LogP contribution in [0.4, 0.5) is 5.69 Å². The van der Waals surface area contributed by atoms with Crippen molar-refractivity contribution in [1.82, 2.24) is 0 Å². The highest BCUT2D eigenvalue weighted by molar-refractivity contribution is 8.14. The summed E-state index contributed by atoms with van der Waals surface area (Å²) in [5, 5.41) is 2.07. The topological polar surface area (TPSA) is 147 Å². The minimum absolute atomic E-state index is 0.164. The SMILES string of the molecule is CC(=O)OCC1OC(SC2=N/C(=C\c3cccs3)C(=O)N2c2cccc(C)c2)C(OC(C)=O)C(OC(C)=O)C1OC(C)=O. The lowest BCUT2D eigenvalue weighted by Crippen LogP contribution is -2.61. The number of aryl methyl sites for hydroxylation is 1. The summed E-state index contributed by atoms with van der Waals surface area (Å²) in [5.41, 5.74) is 0.451. The molecule has 0 bridgehead atoms. The first-order chi connectivity index (χ1) is 20.4. The van der Waals surface area contributed by atoms with Gasteiger partial charge < -0.3 is 23.7 Å². The van der Waals surface area contributed by atoms with Gasteiger partial charge in [0.15, 0.2) is 28.9 Å². The van der Waals surface area contributed by atoms with Gasteiger partial charge in [0.25, 0.3) is 5.91 Å². The second kappa shape index (κ2) is 14.0. The first-order valence-electron chi connectivity index (χ1n) is 13.1. The van der Waals surface area contributed by atoms with Crippen molar-refractivity contribution >= 4 is 69.8 Å². The number of anilines is 1. The Bertz CT molecular complexity index is 1450. The van der Waals surface area contributed by atoms with Gasteiger partial charge in [-0.2, -0.15) is 0 Å². The zero-order valence-corrected chi connectivity index (χ0v) is 25.6.